The highest BCUT2D eigenvalue weighted by molar-refractivity contribution is 5.99. The Morgan fingerprint density at radius 1 is 1.17 bits per heavy atom. The Bertz CT molecular complexity index is 1510. The molecule has 0 unspecified atom stereocenters. The van der Waals surface area contributed by atoms with Crippen molar-refractivity contribution in [1.82, 2.24) is 24.1 Å². The van der Waals surface area contributed by atoms with Crippen LogP contribution in [0.1, 0.15) is 18.3 Å². The SMILES string of the molecule is CCn1c(CO)nn(-c2cc(OCC(F)(F)F)c3c(Nc4ccc(F)cc4C)nn(C)c3c2F)c1=O. The number of hydrogen-bond donors (Lipinski definition) is 2. The Morgan fingerprint density at radius 2 is 1.89 bits per heavy atom. The van der Waals surface area contributed by atoms with Crippen LogP contribution in [0.15, 0.2) is 29.1 Å². The molecular weight excluding hydrogens is 491 g/mol. The van der Waals surface area contributed by atoms with Gasteiger partial charge in [-0.25, -0.2) is 13.6 Å². The lowest BCUT2D eigenvalue weighted by Crippen LogP contribution is -2.25. The molecule has 0 aliphatic carbocycles. The molecule has 4 rings (SSSR count). The summed E-state index contributed by atoms with van der Waals surface area (Å²) in [6, 6.07) is 4.74. The van der Waals surface area contributed by atoms with E-state index in [1.54, 1.807) is 13.8 Å². The van der Waals surface area contributed by atoms with Crippen molar-refractivity contribution in [3.8, 4) is 11.4 Å². The van der Waals surface area contributed by atoms with Crippen LogP contribution in [-0.4, -0.2) is 42.0 Å². The van der Waals surface area contributed by atoms with Crippen LogP contribution in [0, 0.1) is 18.6 Å². The first-order valence-electron chi connectivity index (χ1n) is 10.7. The van der Waals surface area contributed by atoms with Crippen molar-refractivity contribution in [1.29, 1.82) is 0 Å². The minimum atomic E-state index is -4.71. The first-order valence-corrected chi connectivity index (χ1v) is 10.7. The van der Waals surface area contributed by atoms with Crippen LogP contribution in [0.4, 0.5) is 33.5 Å². The van der Waals surface area contributed by atoms with Crippen LogP contribution >= 0.6 is 0 Å². The van der Waals surface area contributed by atoms with E-state index in [0.717, 1.165) is 15.3 Å². The Labute approximate surface area is 200 Å². The van der Waals surface area contributed by atoms with Crippen LogP contribution in [-0.2, 0) is 20.2 Å². The average Bonchev–Trinajstić information content (AvgIpc) is 3.31. The molecule has 2 aromatic heterocycles. The summed E-state index contributed by atoms with van der Waals surface area (Å²) in [5.74, 6) is -2.02. The lowest BCUT2D eigenvalue weighted by Gasteiger charge is -2.14. The number of alkyl halides is 3. The third-order valence-corrected chi connectivity index (χ3v) is 5.45. The summed E-state index contributed by atoms with van der Waals surface area (Å²) in [6.07, 6.45) is -4.71. The largest absolute Gasteiger partial charge is 0.483 e. The maximum Gasteiger partial charge on any atom is 0.422 e. The molecule has 14 heteroatoms. The summed E-state index contributed by atoms with van der Waals surface area (Å²) >= 11 is 0. The van der Waals surface area contributed by atoms with Gasteiger partial charge in [-0.3, -0.25) is 9.25 Å². The topological polar surface area (TPSA) is 99.1 Å². The number of nitrogens with one attached hydrogen (secondary N) is 1. The van der Waals surface area contributed by atoms with Crippen molar-refractivity contribution in [2.24, 2.45) is 7.05 Å². The van der Waals surface area contributed by atoms with Gasteiger partial charge >= 0.3 is 11.9 Å². The van der Waals surface area contributed by atoms with Crippen molar-refractivity contribution in [3.05, 3.63) is 57.8 Å². The van der Waals surface area contributed by atoms with Gasteiger partial charge in [0.15, 0.2) is 24.1 Å². The fraction of sp³-hybridized carbons (Fsp3) is 0.318. The van der Waals surface area contributed by atoms with Gasteiger partial charge in [0.1, 0.15) is 29.4 Å². The van der Waals surface area contributed by atoms with Crippen LogP contribution in [0.25, 0.3) is 16.6 Å². The van der Waals surface area contributed by atoms with Crippen LogP contribution in [0.3, 0.4) is 0 Å². The number of rotatable bonds is 7. The Morgan fingerprint density at radius 3 is 2.47 bits per heavy atom. The summed E-state index contributed by atoms with van der Waals surface area (Å²) in [5.41, 5.74) is -0.705. The van der Waals surface area contributed by atoms with Gasteiger partial charge in [-0.2, -0.15) is 23.0 Å². The second kappa shape index (κ2) is 9.26. The smallest absolute Gasteiger partial charge is 0.422 e. The molecule has 0 fully saturated rings. The molecule has 2 aromatic carbocycles. The zero-order chi connectivity index (χ0) is 26.4. The minimum Gasteiger partial charge on any atom is -0.483 e. The maximum atomic E-state index is 15.8. The summed E-state index contributed by atoms with van der Waals surface area (Å²) in [6.45, 7) is 1.02. The van der Waals surface area contributed by atoms with Gasteiger partial charge in [-0.1, -0.05) is 0 Å². The van der Waals surface area contributed by atoms with Crippen molar-refractivity contribution < 1.29 is 31.8 Å². The van der Waals surface area contributed by atoms with Crippen molar-refractivity contribution in [3.63, 3.8) is 0 Å². The van der Waals surface area contributed by atoms with E-state index < -0.39 is 48.2 Å². The summed E-state index contributed by atoms with van der Waals surface area (Å²) in [7, 11) is 1.36. The van der Waals surface area contributed by atoms with E-state index in [2.05, 4.69) is 15.5 Å². The molecule has 0 radical (unpaired) electrons. The van der Waals surface area contributed by atoms with Gasteiger partial charge in [0.2, 0.25) is 0 Å². The fourth-order valence-corrected chi connectivity index (χ4v) is 3.83. The van der Waals surface area contributed by atoms with E-state index >= 15 is 4.39 Å². The molecule has 2 heterocycles. The molecule has 0 saturated heterocycles. The standard InChI is InChI=1S/C22H21F5N6O3/c1-4-32-16(9-34)29-33(21(32)35)14-8-15(36-10-22(25,26)27)17-19(18(14)24)31(3)30-20(17)28-13-6-5-12(23)7-11(13)2/h5-8,34H,4,9-10H2,1-3H3,(H,28,30). The molecule has 4 aromatic rings. The predicted molar refractivity (Wildman–Crippen MR) is 120 cm³/mol. The molecule has 9 nitrogen and oxygen atoms in total. The number of fused-ring (bicyclic) bond motifs is 1. The molecule has 0 aliphatic rings. The highest BCUT2D eigenvalue weighted by atomic mass is 19.4. The van der Waals surface area contributed by atoms with Crippen LogP contribution < -0.4 is 15.7 Å². The molecule has 36 heavy (non-hydrogen) atoms. The molecule has 0 bridgehead atoms. The highest BCUT2D eigenvalue weighted by Gasteiger charge is 2.31. The molecule has 0 atom stereocenters. The van der Waals surface area contributed by atoms with Crippen LogP contribution in [0.5, 0.6) is 5.75 Å². The zero-order valence-corrected chi connectivity index (χ0v) is 19.3. The number of halogens is 5. The number of hydrogen-bond acceptors (Lipinski definition) is 6. The number of aromatic nitrogens is 5. The van der Waals surface area contributed by atoms with E-state index in [9.17, 15) is 27.5 Å². The van der Waals surface area contributed by atoms with Crippen LogP contribution in [0.2, 0.25) is 0 Å². The third-order valence-electron chi connectivity index (χ3n) is 5.45. The van der Waals surface area contributed by atoms with Gasteiger partial charge < -0.3 is 15.2 Å². The Balaban J connectivity index is 1.96. The number of aryl methyl sites for hydroxylation is 2. The second-order valence-electron chi connectivity index (χ2n) is 7.90. The summed E-state index contributed by atoms with van der Waals surface area (Å²) in [4.78, 5) is 12.8. The van der Waals surface area contributed by atoms with Gasteiger partial charge in [0.25, 0.3) is 0 Å². The number of benzene rings is 2. The molecule has 0 amide bonds. The maximum absolute atomic E-state index is 15.8. The normalized spacial score (nSPS) is 11.9. The Hall–Kier alpha value is -3.94. The highest BCUT2D eigenvalue weighted by Crippen LogP contribution is 2.39. The molecule has 2 N–H and O–H groups in total. The molecule has 0 saturated carbocycles. The van der Waals surface area contributed by atoms with E-state index in [-0.39, 0.29) is 29.1 Å². The van der Waals surface area contributed by atoms with E-state index in [1.165, 1.54) is 25.2 Å². The van der Waals surface area contributed by atoms with Crippen molar-refractivity contribution >= 4 is 22.4 Å². The molecular formula is C22H21F5N6O3. The van der Waals surface area contributed by atoms with Crippen molar-refractivity contribution in [2.75, 3.05) is 11.9 Å². The average molecular weight is 512 g/mol. The zero-order valence-electron chi connectivity index (χ0n) is 19.3. The molecule has 0 aliphatic heterocycles. The monoisotopic (exact) mass is 512 g/mol. The van der Waals surface area contributed by atoms with Gasteiger partial charge in [0.05, 0.1) is 5.39 Å². The lowest BCUT2D eigenvalue weighted by molar-refractivity contribution is -0.153. The minimum absolute atomic E-state index is 0.0488. The molecule has 0 spiro atoms. The second-order valence-corrected chi connectivity index (χ2v) is 7.90. The fourth-order valence-electron chi connectivity index (χ4n) is 3.83. The molecule has 192 valence electrons. The van der Waals surface area contributed by atoms with Gasteiger partial charge in [0, 0.05) is 25.3 Å². The summed E-state index contributed by atoms with van der Waals surface area (Å²) < 4.78 is 76.2. The van der Waals surface area contributed by atoms with E-state index in [4.69, 9.17) is 4.74 Å². The predicted octanol–water partition coefficient (Wildman–Crippen LogP) is 3.70. The van der Waals surface area contributed by atoms with Gasteiger partial charge in [-0.05, 0) is 37.6 Å². The first-order chi connectivity index (χ1) is 16.9. The van der Waals surface area contributed by atoms with E-state index in [1.807, 2.05) is 0 Å². The number of aliphatic hydroxyl groups is 1. The lowest BCUT2D eigenvalue weighted by atomic mass is 10.1. The van der Waals surface area contributed by atoms with E-state index in [0.29, 0.717) is 15.9 Å². The summed E-state index contributed by atoms with van der Waals surface area (Å²) in [5, 5.41) is 20.4. The van der Waals surface area contributed by atoms with Crippen molar-refractivity contribution in [2.45, 2.75) is 33.2 Å². The van der Waals surface area contributed by atoms with Gasteiger partial charge in [-0.15, -0.1) is 5.10 Å². The number of aliphatic hydroxyl groups excluding tert-OH is 1. The quantitative estimate of drug-likeness (QED) is 0.367. The number of ether oxygens (including phenoxy) is 1. The third kappa shape index (κ3) is 4.51. The first kappa shape index (κ1) is 25.2. The number of anilines is 2. The Kier molecular flexibility index (Phi) is 6.47. The number of nitrogens with zero attached hydrogens (tertiary/aromatic N) is 5.